The minimum Gasteiger partial charge on any atom is -0.324 e. The third-order valence-corrected chi connectivity index (χ3v) is 4.11. The SMILES string of the molecule is Cc1cccc(C(=O)Nc2nc3ccccc3[nH]2)c1Br. The van der Waals surface area contributed by atoms with Crippen molar-refractivity contribution in [2.45, 2.75) is 6.92 Å². The summed E-state index contributed by atoms with van der Waals surface area (Å²) in [5, 5.41) is 2.78. The van der Waals surface area contributed by atoms with E-state index >= 15 is 0 Å². The minimum atomic E-state index is -0.195. The number of aryl methyl sites for hydroxylation is 1. The highest BCUT2D eigenvalue weighted by atomic mass is 79.9. The van der Waals surface area contributed by atoms with Gasteiger partial charge in [0.1, 0.15) is 0 Å². The van der Waals surface area contributed by atoms with Crippen LogP contribution in [0.1, 0.15) is 15.9 Å². The molecule has 0 aliphatic heterocycles. The minimum absolute atomic E-state index is 0.195. The van der Waals surface area contributed by atoms with Crippen molar-refractivity contribution in [3.63, 3.8) is 0 Å². The van der Waals surface area contributed by atoms with Crippen LogP contribution in [0.3, 0.4) is 0 Å². The van der Waals surface area contributed by atoms with Crippen molar-refractivity contribution < 1.29 is 4.79 Å². The molecule has 0 unspecified atom stereocenters. The third-order valence-electron chi connectivity index (χ3n) is 3.06. The van der Waals surface area contributed by atoms with Crippen LogP contribution < -0.4 is 5.32 Å². The van der Waals surface area contributed by atoms with E-state index < -0.39 is 0 Å². The van der Waals surface area contributed by atoms with Crippen LogP contribution in [0.5, 0.6) is 0 Å². The van der Waals surface area contributed by atoms with Crippen molar-refractivity contribution in [1.29, 1.82) is 0 Å². The fourth-order valence-corrected chi connectivity index (χ4v) is 2.45. The summed E-state index contributed by atoms with van der Waals surface area (Å²) >= 11 is 3.44. The maximum atomic E-state index is 12.3. The molecule has 0 radical (unpaired) electrons. The Hall–Kier alpha value is -2.14. The zero-order valence-electron chi connectivity index (χ0n) is 10.8. The second kappa shape index (κ2) is 5.09. The number of rotatable bonds is 2. The Labute approximate surface area is 124 Å². The Morgan fingerprint density at radius 3 is 2.80 bits per heavy atom. The van der Waals surface area contributed by atoms with Crippen molar-refractivity contribution in [2.24, 2.45) is 0 Å². The van der Waals surface area contributed by atoms with Crippen LogP contribution in [0, 0.1) is 6.92 Å². The highest BCUT2D eigenvalue weighted by Gasteiger charge is 2.13. The molecule has 100 valence electrons. The van der Waals surface area contributed by atoms with Gasteiger partial charge in [0, 0.05) is 4.47 Å². The fraction of sp³-hybridized carbons (Fsp3) is 0.0667. The van der Waals surface area contributed by atoms with E-state index in [4.69, 9.17) is 0 Å². The number of hydrogen-bond acceptors (Lipinski definition) is 2. The number of H-pyrrole nitrogens is 1. The Morgan fingerprint density at radius 2 is 2.00 bits per heavy atom. The molecule has 0 saturated heterocycles. The van der Waals surface area contributed by atoms with Gasteiger partial charge in [0.2, 0.25) is 5.95 Å². The number of nitrogens with zero attached hydrogens (tertiary/aromatic N) is 1. The number of anilines is 1. The number of benzene rings is 2. The molecular weight excluding hydrogens is 318 g/mol. The predicted molar refractivity (Wildman–Crippen MR) is 82.9 cm³/mol. The first-order valence-corrected chi connectivity index (χ1v) is 6.95. The molecule has 0 atom stereocenters. The molecule has 1 heterocycles. The zero-order valence-corrected chi connectivity index (χ0v) is 12.4. The third kappa shape index (κ3) is 2.32. The highest BCUT2D eigenvalue weighted by molar-refractivity contribution is 9.10. The standard InChI is InChI=1S/C15H12BrN3O/c1-9-5-4-6-10(13(9)16)14(20)19-15-17-11-7-2-3-8-12(11)18-15/h2-8H,1H3,(H2,17,18,19,20). The first-order chi connectivity index (χ1) is 9.65. The van der Waals surface area contributed by atoms with Crippen LogP contribution in [-0.2, 0) is 0 Å². The van der Waals surface area contributed by atoms with Gasteiger partial charge >= 0.3 is 0 Å². The first kappa shape index (κ1) is 12.9. The van der Waals surface area contributed by atoms with Crippen molar-refractivity contribution >= 4 is 38.8 Å². The molecule has 2 N–H and O–H groups in total. The monoisotopic (exact) mass is 329 g/mol. The van der Waals surface area contributed by atoms with Gasteiger partial charge in [-0.3, -0.25) is 10.1 Å². The van der Waals surface area contributed by atoms with E-state index in [1.807, 2.05) is 43.3 Å². The molecule has 0 bridgehead atoms. The summed E-state index contributed by atoms with van der Waals surface area (Å²) < 4.78 is 0.800. The van der Waals surface area contributed by atoms with Crippen LogP contribution in [0.25, 0.3) is 11.0 Å². The lowest BCUT2D eigenvalue weighted by atomic mass is 10.1. The van der Waals surface area contributed by atoms with Gasteiger partial charge in [-0.2, -0.15) is 0 Å². The number of carbonyl (C=O) groups excluding carboxylic acids is 1. The van der Waals surface area contributed by atoms with Crippen molar-refractivity contribution in [1.82, 2.24) is 9.97 Å². The lowest BCUT2D eigenvalue weighted by Crippen LogP contribution is -2.13. The molecule has 5 heteroatoms. The molecule has 0 spiro atoms. The summed E-state index contributed by atoms with van der Waals surface area (Å²) in [6.07, 6.45) is 0. The summed E-state index contributed by atoms with van der Waals surface area (Å²) in [6, 6.07) is 13.2. The van der Waals surface area contributed by atoms with E-state index in [1.54, 1.807) is 6.07 Å². The Kier molecular flexibility index (Phi) is 3.28. The quantitative estimate of drug-likeness (QED) is 0.749. The van der Waals surface area contributed by atoms with Gasteiger partial charge in [0.05, 0.1) is 16.6 Å². The number of carbonyl (C=O) groups is 1. The number of para-hydroxylation sites is 2. The number of aromatic amines is 1. The summed E-state index contributed by atoms with van der Waals surface area (Å²) in [5.74, 6) is 0.254. The number of amides is 1. The largest absolute Gasteiger partial charge is 0.324 e. The summed E-state index contributed by atoms with van der Waals surface area (Å²) in [6.45, 7) is 1.95. The number of nitrogens with one attached hydrogen (secondary N) is 2. The number of hydrogen-bond donors (Lipinski definition) is 2. The van der Waals surface area contributed by atoms with E-state index in [-0.39, 0.29) is 5.91 Å². The number of aromatic nitrogens is 2. The zero-order chi connectivity index (χ0) is 14.1. The molecule has 3 rings (SSSR count). The van der Waals surface area contributed by atoms with E-state index in [9.17, 15) is 4.79 Å². The predicted octanol–water partition coefficient (Wildman–Crippen LogP) is 3.89. The van der Waals surface area contributed by atoms with E-state index in [0.717, 1.165) is 21.1 Å². The first-order valence-electron chi connectivity index (χ1n) is 6.16. The molecule has 3 aromatic rings. The second-order valence-electron chi connectivity index (χ2n) is 4.49. The van der Waals surface area contributed by atoms with Crippen molar-refractivity contribution in [2.75, 3.05) is 5.32 Å². The van der Waals surface area contributed by atoms with Crippen LogP contribution in [-0.4, -0.2) is 15.9 Å². The Bertz CT molecular complexity index is 762. The highest BCUT2D eigenvalue weighted by Crippen LogP contribution is 2.22. The topological polar surface area (TPSA) is 57.8 Å². The maximum absolute atomic E-state index is 12.3. The van der Waals surface area contributed by atoms with Crippen LogP contribution in [0.4, 0.5) is 5.95 Å². The van der Waals surface area contributed by atoms with E-state index in [0.29, 0.717) is 11.5 Å². The lowest BCUT2D eigenvalue weighted by Gasteiger charge is -2.06. The van der Waals surface area contributed by atoms with E-state index in [2.05, 4.69) is 31.2 Å². The normalized spacial score (nSPS) is 10.7. The molecule has 2 aromatic carbocycles. The number of fused-ring (bicyclic) bond motifs is 1. The summed E-state index contributed by atoms with van der Waals surface area (Å²) in [7, 11) is 0. The molecule has 0 saturated carbocycles. The van der Waals surface area contributed by atoms with Gasteiger partial charge in [-0.25, -0.2) is 4.98 Å². The average molecular weight is 330 g/mol. The molecule has 0 fully saturated rings. The molecular formula is C15H12BrN3O. The van der Waals surface area contributed by atoms with Gasteiger partial charge in [-0.1, -0.05) is 24.3 Å². The second-order valence-corrected chi connectivity index (χ2v) is 5.29. The summed E-state index contributed by atoms with van der Waals surface area (Å²) in [4.78, 5) is 19.7. The Morgan fingerprint density at radius 1 is 1.20 bits per heavy atom. The van der Waals surface area contributed by atoms with Crippen LogP contribution in [0.2, 0.25) is 0 Å². The van der Waals surface area contributed by atoms with Crippen LogP contribution in [0.15, 0.2) is 46.9 Å². The number of halogens is 1. The maximum Gasteiger partial charge on any atom is 0.259 e. The molecule has 0 aliphatic carbocycles. The molecule has 0 aliphatic rings. The van der Waals surface area contributed by atoms with Gasteiger partial charge < -0.3 is 4.98 Å². The lowest BCUT2D eigenvalue weighted by molar-refractivity contribution is 0.102. The molecule has 1 aromatic heterocycles. The van der Waals surface area contributed by atoms with Gasteiger partial charge in [0.25, 0.3) is 5.91 Å². The summed E-state index contributed by atoms with van der Waals surface area (Å²) in [5.41, 5.74) is 3.32. The smallest absolute Gasteiger partial charge is 0.259 e. The van der Waals surface area contributed by atoms with Crippen molar-refractivity contribution in [3.05, 3.63) is 58.1 Å². The van der Waals surface area contributed by atoms with Crippen LogP contribution >= 0.6 is 15.9 Å². The molecule has 4 nitrogen and oxygen atoms in total. The average Bonchev–Trinajstić information content (AvgIpc) is 2.83. The van der Waals surface area contributed by atoms with Gasteiger partial charge in [-0.15, -0.1) is 0 Å². The van der Waals surface area contributed by atoms with Crippen molar-refractivity contribution in [3.8, 4) is 0 Å². The molecule has 1 amide bonds. The molecule has 20 heavy (non-hydrogen) atoms. The van der Waals surface area contributed by atoms with Gasteiger partial charge in [-0.05, 0) is 46.6 Å². The fourth-order valence-electron chi connectivity index (χ4n) is 2.01. The van der Waals surface area contributed by atoms with E-state index in [1.165, 1.54) is 0 Å². The van der Waals surface area contributed by atoms with Gasteiger partial charge in [0.15, 0.2) is 0 Å². The number of imidazole rings is 1. The Balaban J connectivity index is 1.90.